The number of nitrogens with one attached hydrogen (secondary N) is 2. The molecule has 0 aliphatic carbocycles. The lowest BCUT2D eigenvalue weighted by Crippen LogP contribution is -2.15. The van der Waals surface area contributed by atoms with E-state index >= 15 is 0 Å². The molecule has 32 heavy (non-hydrogen) atoms. The summed E-state index contributed by atoms with van der Waals surface area (Å²) in [6, 6.07) is 14.5. The maximum Gasteiger partial charge on any atom is 0.270 e. The van der Waals surface area contributed by atoms with Crippen LogP contribution in [-0.4, -0.2) is 26.7 Å². The average Bonchev–Trinajstić information content (AvgIpc) is 2.75. The summed E-state index contributed by atoms with van der Waals surface area (Å²) in [4.78, 5) is 10.1. The number of non-ortho nitro benzene ring substituents is 1. The van der Waals surface area contributed by atoms with E-state index in [4.69, 9.17) is 27.9 Å². The van der Waals surface area contributed by atoms with Gasteiger partial charge in [0.25, 0.3) is 15.7 Å². The van der Waals surface area contributed by atoms with Gasteiger partial charge in [0.15, 0.2) is 0 Å². The zero-order valence-electron chi connectivity index (χ0n) is 16.5. The number of rotatable bonds is 8. The molecule has 12 heteroatoms. The Kier molecular flexibility index (Phi) is 7.18. The molecule has 0 aliphatic heterocycles. The summed E-state index contributed by atoms with van der Waals surface area (Å²) in [6.45, 7) is 0. The number of ether oxygens (including phenoxy) is 1. The van der Waals surface area contributed by atoms with Crippen molar-refractivity contribution in [3.05, 3.63) is 86.4 Å². The lowest BCUT2D eigenvalue weighted by Gasteiger charge is -2.14. The molecule has 0 amide bonds. The highest BCUT2D eigenvalue weighted by Crippen LogP contribution is 2.31. The number of hydrogen-bond acceptors (Lipinski definition) is 7. The summed E-state index contributed by atoms with van der Waals surface area (Å²) < 4.78 is 33.7. The van der Waals surface area contributed by atoms with Gasteiger partial charge in [-0.15, -0.1) is 0 Å². The Labute approximate surface area is 193 Å². The molecule has 0 atom stereocenters. The minimum atomic E-state index is -4.26. The van der Waals surface area contributed by atoms with Crippen LogP contribution in [0.1, 0.15) is 5.56 Å². The molecule has 3 aromatic carbocycles. The second-order valence-electron chi connectivity index (χ2n) is 6.28. The third kappa shape index (κ3) is 5.47. The normalized spacial score (nSPS) is 11.3. The highest BCUT2D eigenvalue weighted by molar-refractivity contribution is 7.93. The lowest BCUT2D eigenvalue weighted by molar-refractivity contribution is -0.385. The minimum Gasteiger partial charge on any atom is -0.495 e. The maximum absolute atomic E-state index is 13.1. The predicted molar refractivity (Wildman–Crippen MR) is 125 cm³/mol. The largest absolute Gasteiger partial charge is 0.495 e. The van der Waals surface area contributed by atoms with E-state index in [1.807, 2.05) is 0 Å². The number of para-hydroxylation sites is 2. The molecule has 2 N–H and O–H groups in total. The van der Waals surface area contributed by atoms with E-state index in [0.717, 1.165) is 12.1 Å². The third-order valence-corrected chi connectivity index (χ3v) is 6.14. The summed E-state index contributed by atoms with van der Waals surface area (Å²) >= 11 is 12.0. The van der Waals surface area contributed by atoms with E-state index in [-0.39, 0.29) is 22.0 Å². The van der Waals surface area contributed by atoms with Crippen molar-refractivity contribution in [3.63, 3.8) is 0 Å². The van der Waals surface area contributed by atoms with Gasteiger partial charge in [-0.05, 0) is 30.3 Å². The van der Waals surface area contributed by atoms with Gasteiger partial charge in [-0.25, -0.2) is 8.42 Å². The molecule has 0 heterocycles. The first kappa shape index (κ1) is 23.3. The Morgan fingerprint density at radius 2 is 1.81 bits per heavy atom. The van der Waals surface area contributed by atoms with Crippen LogP contribution in [0.2, 0.25) is 10.0 Å². The van der Waals surface area contributed by atoms with Gasteiger partial charge >= 0.3 is 0 Å². The Morgan fingerprint density at radius 3 is 2.50 bits per heavy atom. The molecule has 166 valence electrons. The number of anilines is 2. The molecular weight excluding hydrogens is 479 g/mol. The number of nitro benzene ring substituents is 1. The molecule has 3 rings (SSSR count). The molecule has 0 saturated heterocycles. The number of methoxy groups -OCH3 is 1. The second-order valence-corrected chi connectivity index (χ2v) is 8.77. The van der Waals surface area contributed by atoms with Crippen molar-refractivity contribution in [1.29, 1.82) is 0 Å². The number of nitrogens with zero attached hydrogens (tertiary/aromatic N) is 2. The Balaban J connectivity index is 1.97. The number of nitro groups is 1. The fraction of sp³-hybridized carbons (Fsp3) is 0.0500. The van der Waals surface area contributed by atoms with Crippen LogP contribution in [0, 0.1) is 10.1 Å². The average molecular weight is 495 g/mol. The van der Waals surface area contributed by atoms with Crippen molar-refractivity contribution < 1.29 is 18.1 Å². The van der Waals surface area contributed by atoms with Gasteiger partial charge in [-0.2, -0.15) is 5.10 Å². The van der Waals surface area contributed by atoms with E-state index < -0.39 is 20.6 Å². The molecule has 0 saturated carbocycles. The van der Waals surface area contributed by atoms with Crippen LogP contribution >= 0.6 is 23.2 Å². The maximum atomic E-state index is 13.1. The molecule has 0 bridgehead atoms. The van der Waals surface area contributed by atoms with Crippen molar-refractivity contribution in [3.8, 4) is 5.75 Å². The Bertz CT molecular complexity index is 1300. The van der Waals surface area contributed by atoms with Crippen molar-refractivity contribution in [1.82, 2.24) is 0 Å². The SMILES string of the molecule is COc1ccccc1NS(=O)(=O)c1cc([N+](=O)[O-])ccc1N/N=C/c1ccc(Cl)cc1Cl. The topological polar surface area (TPSA) is 123 Å². The number of benzene rings is 3. The van der Waals surface area contributed by atoms with Crippen LogP contribution in [0.4, 0.5) is 17.1 Å². The van der Waals surface area contributed by atoms with Gasteiger partial charge in [0, 0.05) is 22.7 Å². The van der Waals surface area contributed by atoms with Gasteiger partial charge in [0.05, 0.1) is 34.6 Å². The fourth-order valence-electron chi connectivity index (χ4n) is 2.65. The number of halogens is 2. The van der Waals surface area contributed by atoms with Crippen LogP contribution in [0.15, 0.2) is 70.7 Å². The zero-order chi connectivity index (χ0) is 23.3. The number of sulfonamides is 1. The molecule has 0 fully saturated rings. The van der Waals surface area contributed by atoms with Crippen molar-refractivity contribution in [2.75, 3.05) is 17.3 Å². The predicted octanol–water partition coefficient (Wildman–Crippen LogP) is 5.16. The quantitative estimate of drug-likeness (QED) is 0.253. The van der Waals surface area contributed by atoms with E-state index in [0.29, 0.717) is 15.6 Å². The molecule has 0 aromatic heterocycles. The molecule has 0 aliphatic rings. The van der Waals surface area contributed by atoms with Crippen LogP contribution in [0.3, 0.4) is 0 Å². The number of hydrazone groups is 1. The number of hydrogen-bond donors (Lipinski definition) is 2. The molecule has 0 unspecified atom stereocenters. The molecular formula is C20H16Cl2N4O5S. The standard InChI is InChI=1S/C20H16Cl2N4O5S/c1-31-19-5-3-2-4-17(19)25-32(29,30)20-11-15(26(27)28)8-9-18(20)24-23-12-13-6-7-14(21)10-16(13)22/h2-12,24-25H,1H3/b23-12+. The zero-order valence-corrected chi connectivity index (χ0v) is 18.8. The van der Waals surface area contributed by atoms with E-state index in [1.165, 1.54) is 31.5 Å². The molecule has 3 aromatic rings. The van der Waals surface area contributed by atoms with E-state index in [1.54, 1.807) is 30.3 Å². The summed E-state index contributed by atoms with van der Waals surface area (Å²) in [5.41, 5.74) is 2.91. The molecule has 0 radical (unpaired) electrons. The van der Waals surface area contributed by atoms with Crippen LogP contribution in [-0.2, 0) is 10.0 Å². The van der Waals surface area contributed by atoms with Crippen molar-refractivity contribution >= 4 is 56.5 Å². The van der Waals surface area contributed by atoms with Gasteiger partial charge in [-0.1, -0.05) is 41.4 Å². The molecule has 9 nitrogen and oxygen atoms in total. The van der Waals surface area contributed by atoms with Crippen LogP contribution in [0.25, 0.3) is 0 Å². The summed E-state index contributed by atoms with van der Waals surface area (Å²) in [5.74, 6) is 0.284. The van der Waals surface area contributed by atoms with Gasteiger partial charge in [0.1, 0.15) is 10.6 Å². The van der Waals surface area contributed by atoms with Crippen LogP contribution < -0.4 is 14.9 Å². The third-order valence-electron chi connectivity index (χ3n) is 4.17. The monoisotopic (exact) mass is 494 g/mol. The van der Waals surface area contributed by atoms with Crippen molar-refractivity contribution in [2.24, 2.45) is 5.10 Å². The van der Waals surface area contributed by atoms with Gasteiger partial charge in [-0.3, -0.25) is 20.3 Å². The minimum absolute atomic E-state index is 0.0133. The smallest absolute Gasteiger partial charge is 0.270 e. The fourth-order valence-corrected chi connectivity index (χ4v) is 4.35. The first-order valence-corrected chi connectivity index (χ1v) is 11.1. The van der Waals surface area contributed by atoms with Gasteiger partial charge < -0.3 is 4.74 Å². The van der Waals surface area contributed by atoms with Gasteiger partial charge in [0.2, 0.25) is 0 Å². The van der Waals surface area contributed by atoms with E-state index in [2.05, 4.69) is 15.2 Å². The lowest BCUT2D eigenvalue weighted by atomic mass is 10.2. The van der Waals surface area contributed by atoms with Crippen LogP contribution in [0.5, 0.6) is 5.75 Å². The summed E-state index contributed by atoms with van der Waals surface area (Å²) in [6.07, 6.45) is 1.37. The highest BCUT2D eigenvalue weighted by Gasteiger charge is 2.23. The summed E-state index contributed by atoms with van der Waals surface area (Å²) in [7, 11) is -2.86. The van der Waals surface area contributed by atoms with E-state index in [9.17, 15) is 18.5 Å². The van der Waals surface area contributed by atoms with Crippen molar-refractivity contribution in [2.45, 2.75) is 4.90 Å². The first-order chi connectivity index (χ1) is 15.2. The highest BCUT2D eigenvalue weighted by atomic mass is 35.5. The Morgan fingerprint density at radius 1 is 1.06 bits per heavy atom. The first-order valence-electron chi connectivity index (χ1n) is 8.89. The Hall–Kier alpha value is -3.34. The second kappa shape index (κ2) is 9.86. The molecule has 0 spiro atoms. The summed E-state index contributed by atoms with van der Waals surface area (Å²) in [5, 5.41) is 16.0.